The maximum atomic E-state index is 4.66. The third-order valence-electron chi connectivity index (χ3n) is 3.86. The number of anilines is 1. The Morgan fingerprint density at radius 2 is 1.95 bits per heavy atom. The second kappa shape index (κ2) is 5.88. The molecule has 0 amide bonds. The van der Waals surface area contributed by atoms with Gasteiger partial charge in [-0.2, -0.15) is 4.37 Å². The van der Waals surface area contributed by atoms with E-state index in [1.54, 1.807) is 11.5 Å². The minimum atomic E-state index is 1.11. The minimum absolute atomic E-state index is 1.11. The average molecular weight is 275 g/mol. The molecule has 19 heavy (non-hydrogen) atoms. The summed E-state index contributed by atoms with van der Waals surface area (Å²) in [7, 11) is 0. The molecule has 1 aliphatic rings. The van der Waals surface area contributed by atoms with E-state index in [0.29, 0.717) is 0 Å². The predicted molar refractivity (Wildman–Crippen MR) is 83.2 cm³/mol. The molecule has 2 heterocycles. The third-order valence-corrected chi connectivity index (χ3v) is 4.68. The summed E-state index contributed by atoms with van der Waals surface area (Å²) in [5.74, 6) is 1.19. The molecule has 1 fully saturated rings. The normalized spacial score (nSPS) is 17.2. The maximum absolute atomic E-state index is 4.66. The number of rotatable bonds is 4. The molecule has 1 saturated heterocycles. The number of hydrogen-bond acceptors (Lipinski definition) is 4. The van der Waals surface area contributed by atoms with Gasteiger partial charge in [0.2, 0.25) is 0 Å². The molecule has 0 spiro atoms. The molecule has 0 aliphatic carbocycles. The zero-order valence-electron chi connectivity index (χ0n) is 11.5. The van der Waals surface area contributed by atoms with Gasteiger partial charge in [-0.15, -0.1) is 0 Å². The highest BCUT2D eigenvalue weighted by atomic mass is 32.1. The predicted octanol–water partition coefficient (Wildman–Crippen LogP) is 3.22. The van der Waals surface area contributed by atoms with Crippen molar-refractivity contribution in [2.45, 2.75) is 19.8 Å². The first-order valence-electron chi connectivity index (χ1n) is 7.20. The van der Waals surface area contributed by atoms with Crippen LogP contribution in [0.4, 0.5) is 5.82 Å². The smallest absolute Gasteiger partial charge is 0.150 e. The molecule has 1 aromatic carbocycles. The van der Waals surface area contributed by atoms with Gasteiger partial charge in [0.25, 0.3) is 0 Å². The molecule has 0 unspecified atom stereocenters. The topological polar surface area (TPSA) is 19.4 Å². The molecule has 1 aromatic heterocycles. The van der Waals surface area contributed by atoms with Crippen LogP contribution in [0.5, 0.6) is 0 Å². The number of fused-ring (bicyclic) bond motifs is 1. The first-order chi connectivity index (χ1) is 9.38. The van der Waals surface area contributed by atoms with Crippen LogP contribution in [-0.4, -0.2) is 42.0 Å². The van der Waals surface area contributed by atoms with E-state index in [4.69, 9.17) is 0 Å². The minimum Gasteiger partial charge on any atom is -0.353 e. The Bertz CT molecular complexity index is 529. The van der Waals surface area contributed by atoms with Crippen LogP contribution in [-0.2, 0) is 0 Å². The number of hydrogen-bond donors (Lipinski definition) is 0. The summed E-state index contributed by atoms with van der Waals surface area (Å²) >= 11 is 1.62. The highest BCUT2D eigenvalue weighted by molar-refractivity contribution is 7.13. The highest BCUT2D eigenvalue weighted by Gasteiger charge is 2.19. The van der Waals surface area contributed by atoms with E-state index < -0.39 is 0 Å². The van der Waals surface area contributed by atoms with Gasteiger partial charge in [0, 0.05) is 31.6 Å². The second-order valence-corrected chi connectivity index (χ2v) is 5.99. The van der Waals surface area contributed by atoms with Gasteiger partial charge < -0.3 is 4.90 Å². The lowest BCUT2D eigenvalue weighted by Crippen LogP contribution is -2.46. The molecule has 3 rings (SSSR count). The molecule has 0 N–H and O–H groups in total. The summed E-state index contributed by atoms with van der Waals surface area (Å²) in [6, 6.07) is 8.55. The first-order valence-corrected chi connectivity index (χ1v) is 7.97. The average Bonchev–Trinajstić information content (AvgIpc) is 2.90. The lowest BCUT2D eigenvalue weighted by atomic mass is 10.2. The van der Waals surface area contributed by atoms with Crippen LogP contribution in [0.2, 0.25) is 0 Å². The zero-order chi connectivity index (χ0) is 13.1. The number of piperazine rings is 1. The molecular weight excluding hydrogens is 254 g/mol. The van der Waals surface area contributed by atoms with Crippen LogP contribution < -0.4 is 4.90 Å². The molecular formula is C15H21N3S. The van der Waals surface area contributed by atoms with E-state index in [1.807, 2.05) is 0 Å². The fourth-order valence-electron chi connectivity index (χ4n) is 2.67. The molecule has 0 radical (unpaired) electrons. The second-order valence-electron chi connectivity index (χ2n) is 5.18. The number of nitrogens with zero attached hydrogens (tertiary/aromatic N) is 3. The fourth-order valence-corrected chi connectivity index (χ4v) is 3.46. The van der Waals surface area contributed by atoms with Crippen molar-refractivity contribution in [3.63, 3.8) is 0 Å². The summed E-state index contributed by atoms with van der Waals surface area (Å²) in [6.45, 7) is 8.08. The standard InChI is InChI=1S/C15H21N3S/c1-2-3-8-17-9-11-18(12-10-17)15-13-6-4-5-7-14(13)19-16-15/h4-7H,2-3,8-12H2,1H3. The largest absolute Gasteiger partial charge is 0.353 e. The van der Waals surface area contributed by atoms with Crippen molar-refractivity contribution in [3.05, 3.63) is 24.3 Å². The van der Waals surface area contributed by atoms with Crippen molar-refractivity contribution in [3.8, 4) is 0 Å². The molecule has 0 saturated carbocycles. The first kappa shape index (κ1) is 12.9. The Balaban J connectivity index is 1.68. The molecule has 0 atom stereocenters. The summed E-state index contributed by atoms with van der Waals surface area (Å²) in [4.78, 5) is 5.02. The number of aromatic nitrogens is 1. The lowest BCUT2D eigenvalue weighted by molar-refractivity contribution is 0.254. The molecule has 3 nitrogen and oxygen atoms in total. The van der Waals surface area contributed by atoms with E-state index >= 15 is 0 Å². The Hall–Kier alpha value is -1.13. The Kier molecular flexibility index (Phi) is 3.99. The van der Waals surface area contributed by atoms with Crippen LogP contribution >= 0.6 is 11.5 Å². The van der Waals surface area contributed by atoms with Crippen LogP contribution in [0.25, 0.3) is 10.1 Å². The van der Waals surface area contributed by atoms with Crippen molar-refractivity contribution >= 4 is 27.4 Å². The Labute approximate surface area is 119 Å². The lowest BCUT2D eigenvalue weighted by Gasteiger charge is -2.35. The van der Waals surface area contributed by atoms with Crippen LogP contribution in [0.3, 0.4) is 0 Å². The van der Waals surface area contributed by atoms with Gasteiger partial charge in [0.15, 0.2) is 0 Å². The molecule has 4 heteroatoms. The van der Waals surface area contributed by atoms with Crippen molar-refractivity contribution in [1.82, 2.24) is 9.27 Å². The highest BCUT2D eigenvalue weighted by Crippen LogP contribution is 2.29. The Morgan fingerprint density at radius 3 is 2.74 bits per heavy atom. The number of benzene rings is 1. The van der Waals surface area contributed by atoms with Crippen LogP contribution in [0, 0.1) is 0 Å². The van der Waals surface area contributed by atoms with Gasteiger partial charge in [-0.25, -0.2) is 0 Å². The molecule has 2 aromatic rings. The summed E-state index contributed by atoms with van der Waals surface area (Å²) < 4.78 is 5.95. The van der Waals surface area contributed by atoms with E-state index in [1.165, 1.54) is 48.4 Å². The van der Waals surface area contributed by atoms with E-state index in [2.05, 4.69) is 45.4 Å². The van der Waals surface area contributed by atoms with Crippen molar-refractivity contribution in [2.24, 2.45) is 0 Å². The van der Waals surface area contributed by atoms with Crippen LogP contribution in [0.15, 0.2) is 24.3 Å². The van der Waals surface area contributed by atoms with Gasteiger partial charge in [-0.1, -0.05) is 25.5 Å². The van der Waals surface area contributed by atoms with Crippen LogP contribution in [0.1, 0.15) is 19.8 Å². The number of unbranched alkanes of at least 4 members (excludes halogenated alkanes) is 1. The monoisotopic (exact) mass is 275 g/mol. The van der Waals surface area contributed by atoms with Crippen molar-refractivity contribution in [1.29, 1.82) is 0 Å². The SMILES string of the molecule is CCCCN1CCN(c2nsc3ccccc23)CC1. The Morgan fingerprint density at radius 1 is 1.16 bits per heavy atom. The van der Waals surface area contributed by atoms with E-state index in [9.17, 15) is 0 Å². The van der Waals surface area contributed by atoms with Gasteiger partial charge in [-0.3, -0.25) is 4.90 Å². The van der Waals surface area contributed by atoms with E-state index in [-0.39, 0.29) is 0 Å². The van der Waals surface area contributed by atoms with Crippen molar-refractivity contribution in [2.75, 3.05) is 37.6 Å². The van der Waals surface area contributed by atoms with Crippen molar-refractivity contribution < 1.29 is 0 Å². The van der Waals surface area contributed by atoms with Gasteiger partial charge in [-0.05, 0) is 36.6 Å². The summed E-state index contributed by atoms with van der Waals surface area (Å²) in [6.07, 6.45) is 2.61. The van der Waals surface area contributed by atoms with Gasteiger partial charge >= 0.3 is 0 Å². The summed E-state index contributed by atoms with van der Waals surface area (Å²) in [5.41, 5.74) is 0. The molecule has 1 aliphatic heterocycles. The summed E-state index contributed by atoms with van der Waals surface area (Å²) in [5, 5.41) is 1.31. The fraction of sp³-hybridized carbons (Fsp3) is 0.533. The quantitative estimate of drug-likeness (QED) is 0.854. The zero-order valence-corrected chi connectivity index (χ0v) is 12.3. The van der Waals surface area contributed by atoms with E-state index in [0.717, 1.165) is 13.1 Å². The third kappa shape index (κ3) is 2.74. The molecule has 102 valence electrons. The van der Waals surface area contributed by atoms with Gasteiger partial charge in [0.05, 0.1) is 4.70 Å². The van der Waals surface area contributed by atoms with Gasteiger partial charge in [0.1, 0.15) is 5.82 Å². The maximum Gasteiger partial charge on any atom is 0.150 e. The molecule has 0 bridgehead atoms.